The van der Waals surface area contributed by atoms with Gasteiger partial charge in [-0.3, -0.25) is 9.59 Å². The Morgan fingerprint density at radius 3 is 2.67 bits per heavy atom. The highest BCUT2D eigenvalue weighted by atomic mass is 16.4. The minimum atomic E-state index is -0.790. The maximum Gasteiger partial charge on any atom is 0.303 e. The molecule has 122 valence electrons. The minimum Gasteiger partial charge on any atom is -0.481 e. The summed E-state index contributed by atoms with van der Waals surface area (Å²) in [5.74, 6) is -0.278. The van der Waals surface area contributed by atoms with Gasteiger partial charge >= 0.3 is 5.97 Å². The fraction of sp³-hybridized carbons (Fsp3) is 0.875. The first kappa shape index (κ1) is 18.0. The van der Waals surface area contributed by atoms with Gasteiger partial charge in [-0.2, -0.15) is 0 Å². The first-order valence-electron chi connectivity index (χ1n) is 8.19. The van der Waals surface area contributed by atoms with E-state index in [4.69, 9.17) is 5.11 Å². The Labute approximate surface area is 127 Å². The number of carboxylic acids is 1. The van der Waals surface area contributed by atoms with Crippen molar-refractivity contribution in [2.45, 2.75) is 64.8 Å². The third kappa shape index (κ3) is 8.71. The Bertz CT molecular complexity index is 325. The summed E-state index contributed by atoms with van der Waals surface area (Å²) in [7, 11) is 0. The van der Waals surface area contributed by atoms with E-state index in [1.54, 1.807) is 0 Å². The number of carboxylic acid groups (broad SMARTS) is 1. The molecule has 0 aliphatic carbocycles. The second-order valence-electron chi connectivity index (χ2n) is 6.58. The molecule has 1 aliphatic heterocycles. The van der Waals surface area contributed by atoms with Gasteiger partial charge in [-0.15, -0.1) is 0 Å². The maximum absolute atomic E-state index is 11.9. The number of rotatable bonds is 9. The summed E-state index contributed by atoms with van der Waals surface area (Å²) < 4.78 is 0. The lowest BCUT2D eigenvalue weighted by atomic mass is 9.94. The van der Waals surface area contributed by atoms with Crippen LogP contribution in [0.2, 0.25) is 0 Å². The highest BCUT2D eigenvalue weighted by molar-refractivity contribution is 5.76. The summed E-state index contributed by atoms with van der Waals surface area (Å²) in [4.78, 5) is 22.7. The van der Waals surface area contributed by atoms with E-state index in [2.05, 4.69) is 24.5 Å². The number of piperidine rings is 1. The lowest BCUT2D eigenvalue weighted by Gasteiger charge is -2.23. The molecule has 0 saturated carbocycles. The summed E-state index contributed by atoms with van der Waals surface area (Å²) in [6.07, 6.45) is 5.99. The number of nitrogens with one attached hydrogen (secondary N) is 2. The topological polar surface area (TPSA) is 78.4 Å². The van der Waals surface area contributed by atoms with Crippen LogP contribution in [0, 0.1) is 11.8 Å². The number of amides is 1. The van der Waals surface area contributed by atoms with Crippen LogP contribution in [0.25, 0.3) is 0 Å². The normalized spacial score (nSPS) is 20.2. The van der Waals surface area contributed by atoms with Crippen LogP contribution < -0.4 is 10.6 Å². The Kier molecular flexibility index (Phi) is 8.35. The first-order valence-corrected chi connectivity index (χ1v) is 8.19. The van der Waals surface area contributed by atoms with Crippen molar-refractivity contribution >= 4 is 11.9 Å². The van der Waals surface area contributed by atoms with E-state index in [1.807, 2.05) is 0 Å². The predicted molar refractivity (Wildman–Crippen MR) is 83.1 cm³/mol. The maximum atomic E-state index is 11.9. The molecular formula is C16H30N2O3. The van der Waals surface area contributed by atoms with Crippen molar-refractivity contribution < 1.29 is 14.7 Å². The Balaban J connectivity index is 2.23. The second-order valence-corrected chi connectivity index (χ2v) is 6.58. The zero-order valence-corrected chi connectivity index (χ0v) is 13.4. The van der Waals surface area contributed by atoms with E-state index in [9.17, 15) is 9.59 Å². The second kappa shape index (κ2) is 9.77. The highest BCUT2D eigenvalue weighted by Crippen LogP contribution is 2.15. The van der Waals surface area contributed by atoms with E-state index in [0.717, 1.165) is 25.8 Å². The van der Waals surface area contributed by atoms with E-state index in [-0.39, 0.29) is 18.2 Å². The highest BCUT2D eigenvalue weighted by Gasteiger charge is 2.17. The molecule has 0 spiro atoms. The molecule has 0 aromatic rings. The summed E-state index contributed by atoms with van der Waals surface area (Å²) in [5, 5.41) is 15.3. The Morgan fingerprint density at radius 2 is 2.10 bits per heavy atom. The van der Waals surface area contributed by atoms with Crippen molar-refractivity contribution in [3.8, 4) is 0 Å². The van der Waals surface area contributed by atoms with Crippen molar-refractivity contribution in [2.75, 3.05) is 13.1 Å². The van der Waals surface area contributed by atoms with Crippen molar-refractivity contribution in [1.29, 1.82) is 0 Å². The Hall–Kier alpha value is -1.10. The van der Waals surface area contributed by atoms with Gasteiger partial charge < -0.3 is 15.7 Å². The van der Waals surface area contributed by atoms with Crippen LogP contribution in [0.15, 0.2) is 0 Å². The predicted octanol–water partition coefficient (Wildman–Crippen LogP) is 2.16. The fourth-order valence-electron chi connectivity index (χ4n) is 2.97. The van der Waals surface area contributed by atoms with Crippen LogP contribution >= 0.6 is 0 Å². The number of hydrogen-bond donors (Lipinski definition) is 3. The third-order valence-electron chi connectivity index (χ3n) is 3.99. The van der Waals surface area contributed by atoms with Gasteiger partial charge in [0.25, 0.3) is 0 Å². The number of carbonyl (C=O) groups excluding carboxylic acids is 1. The molecular weight excluding hydrogens is 268 g/mol. The number of carbonyl (C=O) groups is 2. The van der Waals surface area contributed by atoms with E-state index in [0.29, 0.717) is 24.9 Å². The summed E-state index contributed by atoms with van der Waals surface area (Å²) >= 11 is 0. The van der Waals surface area contributed by atoms with Crippen LogP contribution in [-0.2, 0) is 9.59 Å². The average molecular weight is 298 g/mol. The molecule has 1 rings (SSSR count). The molecule has 1 aliphatic rings. The SMILES string of the molecule is CC(C)C[C@H](CNC(=O)CCC1CCCCN1)CC(=O)O. The molecule has 5 nitrogen and oxygen atoms in total. The van der Waals surface area contributed by atoms with Gasteiger partial charge in [0.15, 0.2) is 0 Å². The summed E-state index contributed by atoms with van der Waals surface area (Å²) in [6.45, 7) is 5.68. The lowest BCUT2D eigenvalue weighted by Crippen LogP contribution is -2.36. The van der Waals surface area contributed by atoms with Gasteiger partial charge in [0.2, 0.25) is 5.91 Å². The standard InChI is InChI=1S/C16H30N2O3/c1-12(2)9-13(10-16(20)21)11-18-15(19)7-6-14-5-3-4-8-17-14/h12-14,17H,3-11H2,1-2H3,(H,18,19)(H,20,21)/t13-,14?/m0/s1. The molecule has 0 aromatic carbocycles. The molecule has 1 saturated heterocycles. The molecule has 1 amide bonds. The quantitative estimate of drug-likeness (QED) is 0.609. The van der Waals surface area contributed by atoms with E-state index >= 15 is 0 Å². The number of aliphatic carboxylic acids is 1. The Morgan fingerprint density at radius 1 is 1.33 bits per heavy atom. The molecule has 0 bridgehead atoms. The molecule has 0 radical (unpaired) electrons. The summed E-state index contributed by atoms with van der Waals surface area (Å²) in [6, 6.07) is 0.468. The number of hydrogen-bond acceptors (Lipinski definition) is 3. The van der Waals surface area contributed by atoms with Crippen LogP contribution in [-0.4, -0.2) is 36.1 Å². The largest absolute Gasteiger partial charge is 0.481 e. The van der Waals surface area contributed by atoms with Crippen LogP contribution in [0.4, 0.5) is 0 Å². The molecule has 1 unspecified atom stereocenters. The molecule has 0 aromatic heterocycles. The molecule has 5 heteroatoms. The average Bonchev–Trinajstić information content (AvgIpc) is 2.42. The van der Waals surface area contributed by atoms with Gasteiger partial charge in [-0.05, 0) is 44.1 Å². The van der Waals surface area contributed by atoms with Gasteiger partial charge in [0.05, 0.1) is 0 Å². The molecule has 1 fully saturated rings. The van der Waals surface area contributed by atoms with Crippen LogP contribution in [0.1, 0.15) is 58.8 Å². The lowest BCUT2D eigenvalue weighted by molar-refractivity contribution is -0.138. The smallest absolute Gasteiger partial charge is 0.303 e. The van der Waals surface area contributed by atoms with Crippen molar-refractivity contribution in [3.05, 3.63) is 0 Å². The molecule has 3 N–H and O–H groups in total. The zero-order valence-electron chi connectivity index (χ0n) is 13.4. The van der Waals surface area contributed by atoms with Gasteiger partial charge in [-0.25, -0.2) is 0 Å². The van der Waals surface area contributed by atoms with Gasteiger partial charge in [-0.1, -0.05) is 20.3 Å². The van der Waals surface area contributed by atoms with Crippen molar-refractivity contribution in [2.24, 2.45) is 11.8 Å². The van der Waals surface area contributed by atoms with E-state index in [1.165, 1.54) is 12.8 Å². The third-order valence-corrected chi connectivity index (χ3v) is 3.99. The van der Waals surface area contributed by atoms with Gasteiger partial charge in [0, 0.05) is 25.4 Å². The summed E-state index contributed by atoms with van der Waals surface area (Å²) in [5.41, 5.74) is 0. The van der Waals surface area contributed by atoms with Crippen molar-refractivity contribution in [1.82, 2.24) is 10.6 Å². The van der Waals surface area contributed by atoms with Crippen molar-refractivity contribution in [3.63, 3.8) is 0 Å². The van der Waals surface area contributed by atoms with E-state index < -0.39 is 5.97 Å². The monoisotopic (exact) mass is 298 g/mol. The minimum absolute atomic E-state index is 0.0271. The molecule has 1 heterocycles. The van der Waals surface area contributed by atoms with Crippen LogP contribution in [0.3, 0.4) is 0 Å². The zero-order chi connectivity index (χ0) is 15.7. The van der Waals surface area contributed by atoms with Crippen LogP contribution in [0.5, 0.6) is 0 Å². The van der Waals surface area contributed by atoms with Gasteiger partial charge in [0.1, 0.15) is 0 Å². The molecule has 2 atom stereocenters. The first-order chi connectivity index (χ1) is 9.97. The fourth-order valence-corrected chi connectivity index (χ4v) is 2.97. The molecule has 21 heavy (non-hydrogen) atoms.